The molecule has 1 aromatic rings. The molecule has 0 spiro atoms. The number of amides is 1. The van der Waals surface area contributed by atoms with E-state index in [1.165, 1.54) is 19.2 Å². The molecule has 0 aromatic heterocycles. The second-order valence-electron chi connectivity index (χ2n) is 4.97. The third-order valence-electron chi connectivity index (χ3n) is 3.73. The Morgan fingerprint density at radius 3 is 2.95 bits per heavy atom. The Hall–Kier alpha value is -1.29. The summed E-state index contributed by atoms with van der Waals surface area (Å²) in [7, 11) is 1.44. The number of carbonyl (C=O) groups excluding carboxylic acids is 1. The van der Waals surface area contributed by atoms with Crippen molar-refractivity contribution in [1.82, 2.24) is 4.90 Å². The molecule has 0 saturated carbocycles. The maximum absolute atomic E-state index is 14.0. The molecule has 1 aliphatic heterocycles. The van der Waals surface area contributed by atoms with Crippen molar-refractivity contribution in [3.63, 3.8) is 0 Å². The summed E-state index contributed by atoms with van der Waals surface area (Å²) in [6.45, 7) is 0.619. The van der Waals surface area contributed by atoms with Gasteiger partial charge in [-0.05, 0) is 25.0 Å². The highest BCUT2D eigenvalue weighted by molar-refractivity contribution is 6.18. The molecule has 1 heterocycles. The van der Waals surface area contributed by atoms with Crippen molar-refractivity contribution in [3.05, 3.63) is 29.6 Å². The van der Waals surface area contributed by atoms with Gasteiger partial charge < -0.3 is 9.64 Å². The zero-order chi connectivity index (χ0) is 14.5. The fourth-order valence-electron chi connectivity index (χ4n) is 2.63. The van der Waals surface area contributed by atoms with Gasteiger partial charge in [0.05, 0.1) is 7.11 Å². The predicted octanol–water partition coefficient (Wildman–Crippen LogP) is 3.46. The Bertz CT molecular complexity index is 481. The fourth-order valence-corrected chi connectivity index (χ4v) is 2.95. The van der Waals surface area contributed by atoms with Crippen molar-refractivity contribution in [3.8, 4) is 5.75 Å². The normalized spacial score (nSPS) is 19.6. The van der Waals surface area contributed by atoms with Gasteiger partial charge in [-0.25, -0.2) is 4.39 Å². The number of hydrogen-bond acceptors (Lipinski definition) is 2. The van der Waals surface area contributed by atoms with Gasteiger partial charge in [0, 0.05) is 18.5 Å². The number of rotatable bonds is 3. The smallest absolute Gasteiger partial charge is 0.260 e. The first-order chi connectivity index (χ1) is 9.69. The minimum atomic E-state index is -0.549. The van der Waals surface area contributed by atoms with Crippen LogP contribution in [0.4, 0.5) is 4.39 Å². The first kappa shape index (κ1) is 15.1. The van der Waals surface area contributed by atoms with Crippen LogP contribution in [-0.4, -0.2) is 36.4 Å². The summed E-state index contributed by atoms with van der Waals surface area (Å²) in [5.41, 5.74) is 0.00650. The second-order valence-corrected chi connectivity index (χ2v) is 5.28. The molecule has 0 N–H and O–H groups in total. The standard InChI is InChI=1S/C15H19ClFNO2/c1-20-13-8-5-7-12(17)14(13)15(19)18-9-4-2-3-6-11(18)10-16/h5,7-8,11H,2-4,6,9-10H2,1H3. The number of ether oxygens (including phenoxy) is 1. The summed E-state index contributed by atoms with van der Waals surface area (Å²) >= 11 is 5.97. The van der Waals surface area contributed by atoms with E-state index in [2.05, 4.69) is 0 Å². The number of halogens is 2. The van der Waals surface area contributed by atoms with Crippen molar-refractivity contribution in [2.75, 3.05) is 19.5 Å². The molecule has 1 saturated heterocycles. The van der Waals surface area contributed by atoms with Crippen molar-refractivity contribution >= 4 is 17.5 Å². The average Bonchev–Trinajstić information content (AvgIpc) is 2.71. The fraction of sp³-hybridized carbons (Fsp3) is 0.533. The van der Waals surface area contributed by atoms with Crippen LogP contribution in [0.5, 0.6) is 5.75 Å². The van der Waals surface area contributed by atoms with Crippen LogP contribution in [0.2, 0.25) is 0 Å². The van der Waals surface area contributed by atoms with Crippen LogP contribution in [0.1, 0.15) is 36.0 Å². The van der Waals surface area contributed by atoms with E-state index in [9.17, 15) is 9.18 Å². The highest BCUT2D eigenvalue weighted by atomic mass is 35.5. The minimum absolute atomic E-state index is 0.00650. The number of likely N-dealkylation sites (tertiary alicyclic amines) is 1. The number of methoxy groups -OCH3 is 1. The van der Waals surface area contributed by atoms with Crippen LogP contribution in [0, 0.1) is 5.82 Å². The maximum atomic E-state index is 14.0. The molecule has 1 amide bonds. The van der Waals surface area contributed by atoms with Gasteiger partial charge in [0.25, 0.3) is 5.91 Å². The van der Waals surface area contributed by atoms with Crippen molar-refractivity contribution in [1.29, 1.82) is 0 Å². The van der Waals surface area contributed by atoms with E-state index in [4.69, 9.17) is 16.3 Å². The molecule has 1 fully saturated rings. The van der Waals surface area contributed by atoms with E-state index in [1.54, 1.807) is 11.0 Å². The SMILES string of the molecule is COc1cccc(F)c1C(=O)N1CCCCCC1CCl. The third-order valence-corrected chi connectivity index (χ3v) is 4.08. The first-order valence-electron chi connectivity index (χ1n) is 6.88. The molecule has 1 unspecified atom stereocenters. The van der Waals surface area contributed by atoms with Gasteiger partial charge >= 0.3 is 0 Å². The molecule has 1 aliphatic rings. The zero-order valence-corrected chi connectivity index (χ0v) is 12.3. The number of alkyl halides is 1. The van der Waals surface area contributed by atoms with Gasteiger partial charge in [0.1, 0.15) is 17.1 Å². The molecule has 2 rings (SSSR count). The monoisotopic (exact) mass is 299 g/mol. The molecule has 20 heavy (non-hydrogen) atoms. The molecule has 0 bridgehead atoms. The molecular formula is C15H19ClFNO2. The first-order valence-corrected chi connectivity index (χ1v) is 7.42. The largest absolute Gasteiger partial charge is 0.496 e. The molecular weight excluding hydrogens is 281 g/mol. The van der Waals surface area contributed by atoms with Gasteiger partial charge in [0.15, 0.2) is 0 Å². The lowest BCUT2D eigenvalue weighted by Gasteiger charge is -2.29. The summed E-state index contributed by atoms with van der Waals surface area (Å²) in [6, 6.07) is 4.38. The lowest BCUT2D eigenvalue weighted by atomic mass is 10.1. The zero-order valence-electron chi connectivity index (χ0n) is 11.6. The highest BCUT2D eigenvalue weighted by Gasteiger charge is 2.29. The number of nitrogens with zero attached hydrogens (tertiary/aromatic N) is 1. The lowest BCUT2D eigenvalue weighted by molar-refractivity contribution is 0.0692. The van der Waals surface area contributed by atoms with E-state index in [1.807, 2.05) is 0 Å². The van der Waals surface area contributed by atoms with Crippen LogP contribution in [0.15, 0.2) is 18.2 Å². The Kier molecular flexibility index (Phi) is 5.24. The van der Waals surface area contributed by atoms with E-state index in [0.29, 0.717) is 12.4 Å². The van der Waals surface area contributed by atoms with Gasteiger partial charge in [-0.2, -0.15) is 0 Å². The van der Waals surface area contributed by atoms with Crippen LogP contribution >= 0.6 is 11.6 Å². The topological polar surface area (TPSA) is 29.5 Å². The number of benzene rings is 1. The third kappa shape index (κ3) is 3.06. The second kappa shape index (κ2) is 6.93. The molecule has 110 valence electrons. The Balaban J connectivity index is 2.33. The van der Waals surface area contributed by atoms with Crippen LogP contribution < -0.4 is 4.74 Å². The minimum Gasteiger partial charge on any atom is -0.496 e. The van der Waals surface area contributed by atoms with Gasteiger partial charge in [0.2, 0.25) is 0 Å². The molecule has 3 nitrogen and oxygen atoms in total. The van der Waals surface area contributed by atoms with E-state index >= 15 is 0 Å². The van der Waals surface area contributed by atoms with Gasteiger partial charge in [-0.15, -0.1) is 11.6 Å². The summed E-state index contributed by atoms with van der Waals surface area (Å²) in [6.07, 6.45) is 3.92. The van der Waals surface area contributed by atoms with Gasteiger partial charge in [-0.1, -0.05) is 18.9 Å². The molecule has 1 atom stereocenters. The number of carbonyl (C=O) groups is 1. The summed E-state index contributed by atoms with van der Waals surface area (Å²) in [5, 5.41) is 0. The quantitative estimate of drug-likeness (QED) is 0.800. The lowest BCUT2D eigenvalue weighted by Crippen LogP contribution is -2.41. The Morgan fingerprint density at radius 2 is 2.25 bits per heavy atom. The highest BCUT2D eigenvalue weighted by Crippen LogP contribution is 2.26. The molecule has 0 aliphatic carbocycles. The molecule has 1 aromatic carbocycles. The molecule has 5 heteroatoms. The van der Waals surface area contributed by atoms with Crippen molar-refractivity contribution < 1.29 is 13.9 Å². The molecule has 0 radical (unpaired) electrons. The average molecular weight is 300 g/mol. The van der Waals surface area contributed by atoms with E-state index < -0.39 is 5.82 Å². The Morgan fingerprint density at radius 1 is 1.45 bits per heavy atom. The summed E-state index contributed by atoms with van der Waals surface area (Å²) < 4.78 is 19.1. The van der Waals surface area contributed by atoms with Crippen LogP contribution in [-0.2, 0) is 0 Å². The van der Waals surface area contributed by atoms with Crippen molar-refractivity contribution in [2.24, 2.45) is 0 Å². The predicted molar refractivity (Wildman–Crippen MR) is 77.0 cm³/mol. The van der Waals surface area contributed by atoms with Crippen molar-refractivity contribution in [2.45, 2.75) is 31.7 Å². The summed E-state index contributed by atoms with van der Waals surface area (Å²) in [4.78, 5) is 14.4. The van der Waals surface area contributed by atoms with Crippen LogP contribution in [0.25, 0.3) is 0 Å². The van der Waals surface area contributed by atoms with Crippen LogP contribution in [0.3, 0.4) is 0 Å². The maximum Gasteiger partial charge on any atom is 0.260 e. The van der Waals surface area contributed by atoms with E-state index in [-0.39, 0.29) is 23.3 Å². The van der Waals surface area contributed by atoms with Gasteiger partial charge in [-0.3, -0.25) is 4.79 Å². The Labute approximate surface area is 123 Å². The summed E-state index contributed by atoms with van der Waals surface area (Å²) in [5.74, 6) is -0.227. The van der Waals surface area contributed by atoms with E-state index in [0.717, 1.165) is 25.7 Å². The number of hydrogen-bond donors (Lipinski definition) is 0.